The van der Waals surface area contributed by atoms with Crippen molar-refractivity contribution < 1.29 is 14.3 Å². The number of ether oxygens (including phenoxy) is 1. The molecule has 0 fully saturated rings. The van der Waals surface area contributed by atoms with Gasteiger partial charge < -0.3 is 4.74 Å². The van der Waals surface area contributed by atoms with E-state index in [1.165, 1.54) is 26.9 Å². The number of aromatic nitrogens is 2. The van der Waals surface area contributed by atoms with Crippen LogP contribution in [0.15, 0.2) is 29.3 Å². The number of Topliss-reactive ketones (excluding diaryl/α,β-unsaturated/α-hetero) is 1. The molecule has 2 heterocycles. The SMILES string of the molecule is CC(OC(=O)CCn1cnc2sc3c(c2c1=O)CCCC3)C(=O)c1ccc2c(c1)CCC2. The van der Waals surface area contributed by atoms with Gasteiger partial charge in [-0.3, -0.25) is 19.0 Å². The standard InChI is InChI=1S/C25H26N2O4S/c1-15(23(29)18-10-9-16-5-4-6-17(16)13-18)31-21(28)11-12-27-14-26-24-22(25(27)30)19-7-2-3-8-20(19)32-24/h9-10,13-15H,2-8,11-12H2,1H3. The van der Waals surface area contributed by atoms with Gasteiger partial charge in [0.05, 0.1) is 18.1 Å². The van der Waals surface area contributed by atoms with E-state index in [0.29, 0.717) is 10.9 Å². The Hall–Kier alpha value is -2.80. The number of rotatable bonds is 6. The molecule has 2 aliphatic carbocycles. The van der Waals surface area contributed by atoms with Gasteiger partial charge in [0.1, 0.15) is 4.83 Å². The largest absolute Gasteiger partial charge is 0.454 e. The van der Waals surface area contributed by atoms with Gasteiger partial charge in [0.25, 0.3) is 5.56 Å². The van der Waals surface area contributed by atoms with Gasteiger partial charge >= 0.3 is 5.97 Å². The number of ketones is 1. The number of aryl methyl sites for hydroxylation is 5. The highest BCUT2D eigenvalue weighted by atomic mass is 32.1. The minimum atomic E-state index is -0.858. The second kappa shape index (κ2) is 8.62. The Labute approximate surface area is 190 Å². The number of nitrogens with zero attached hydrogens (tertiary/aromatic N) is 2. The molecule has 5 rings (SSSR count). The Morgan fingerprint density at radius 3 is 2.81 bits per heavy atom. The molecule has 0 amide bonds. The van der Waals surface area contributed by atoms with Crippen LogP contribution in [0.2, 0.25) is 0 Å². The quantitative estimate of drug-likeness (QED) is 0.419. The summed E-state index contributed by atoms with van der Waals surface area (Å²) in [5.74, 6) is -0.690. The molecule has 0 saturated carbocycles. The number of hydrogen-bond donors (Lipinski definition) is 0. The van der Waals surface area contributed by atoms with Crippen LogP contribution >= 0.6 is 11.3 Å². The van der Waals surface area contributed by atoms with Crippen LogP contribution in [-0.2, 0) is 41.8 Å². The molecule has 2 aromatic heterocycles. The van der Waals surface area contributed by atoms with E-state index in [4.69, 9.17) is 4.74 Å². The summed E-state index contributed by atoms with van der Waals surface area (Å²) in [4.78, 5) is 44.6. The Kier molecular flexibility index (Phi) is 5.67. The molecule has 0 spiro atoms. The summed E-state index contributed by atoms with van der Waals surface area (Å²) in [5.41, 5.74) is 4.14. The van der Waals surface area contributed by atoms with E-state index >= 15 is 0 Å². The summed E-state index contributed by atoms with van der Waals surface area (Å²) in [6.07, 6.45) is 8.01. The zero-order chi connectivity index (χ0) is 22.2. The fourth-order valence-electron chi connectivity index (χ4n) is 4.82. The molecule has 1 atom stereocenters. The fraction of sp³-hybridized carbons (Fsp3) is 0.440. The zero-order valence-electron chi connectivity index (χ0n) is 18.2. The van der Waals surface area contributed by atoms with E-state index in [9.17, 15) is 14.4 Å². The monoisotopic (exact) mass is 450 g/mol. The Balaban J connectivity index is 1.24. The number of carbonyl (C=O) groups is 2. The lowest BCUT2D eigenvalue weighted by molar-refractivity contribution is -0.146. The zero-order valence-corrected chi connectivity index (χ0v) is 19.0. The third kappa shape index (κ3) is 3.90. The van der Waals surface area contributed by atoms with Crippen molar-refractivity contribution in [1.29, 1.82) is 0 Å². The van der Waals surface area contributed by atoms with E-state index < -0.39 is 12.1 Å². The lowest BCUT2D eigenvalue weighted by Crippen LogP contribution is -2.27. The van der Waals surface area contributed by atoms with Gasteiger partial charge in [-0.1, -0.05) is 12.1 Å². The van der Waals surface area contributed by atoms with Crippen molar-refractivity contribution >= 4 is 33.3 Å². The fourth-order valence-corrected chi connectivity index (χ4v) is 6.04. The summed E-state index contributed by atoms with van der Waals surface area (Å²) in [7, 11) is 0. The van der Waals surface area contributed by atoms with Crippen LogP contribution in [0.4, 0.5) is 0 Å². The van der Waals surface area contributed by atoms with Crippen LogP contribution in [0.5, 0.6) is 0 Å². The summed E-state index contributed by atoms with van der Waals surface area (Å²) in [6, 6.07) is 5.75. The number of thiophene rings is 1. The van der Waals surface area contributed by atoms with Crippen molar-refractivity contribution in [2.75, 3.05) is 0 Å². The maximum atomic E-state index is 13.0. The topological polar surface area (TPSA) is 78.3 Å². The van der Waals surface area contributed by atoms with Crippen LogP contribution in [0.3, 0.4) is 0 Å². The molecular formula is C25H26N2O4S. The first-order valence-corrected chi connectivity index (χ1v) is 12.2. The van der Waals surface area contributed by atoms with Crippen molar-refractivity contribution in [3.8, 4) is 0 Å². The first kappa shape index (κ1) is 21.1. The molecule has 1 aromatic carbocycles. The highest BCUT2D eigenvalue weighted by Crippen LogP contribution is 2.33. The van der Waals surface area contributed by atoms with Crippen molar-refractivity contribution in [3.63, 3.8) is 0 Å². The van der Waals surface area contributed by atoms with Gasteiger partial charge in [0.2, 0.25) is 5.78 Å². The van der Waals surface area contributed by atoms with E-state index in [0.717, 1.165) is 55.3 Å². The molecule has 0 saturated heterocycles. The number of fused-ring (bicyclic) bond motifs is 4. The average molecular weight is 451 g/mol. The number of esters is 1. The molecule has 3 aromatic rings. The van der Waals surface area contributed by atoms with Crippen molar-refractivity contribution in [2.24, 2.45) is 0 Å². The summed E-state index contributed by atoms with van der Waals surface area (Å²) in [6.45, 7) is 1.79. The lowest BCUT2D eigenvalue weighted by atomic mass is 9.97. The molecule has 6 nitrogen and oxygen atoms in total. The molecule has 2 aliphatic rings. The van der Waals surface area contributed by atoms with E-state index in [2.05, 4.69) is 4.98 Å². The molecule has 0 bridgehead atoms. The molecule has 166 valence electrons. The van der Waals surface area contributed by atoms with Crippen molar-refractivity contribution in [3.05, 3.63) is 62.0 Å². The molecule has 7 heteroatoms. The van der Waals surface area contributed by atoms with Crippen LogP contribution in [0.25, 0.3) is 10.2 Å². The third-order valence-electron chi connectivity index (χ3n) is 6.56. The Morgan fingerprint density at radius 2 is 1.94 bits per heavy atom. The Morgan fingerprint density at radius 1 is 1.12 bits per heavy atom. The van der Waals surface area contributed by atoms with E-state index in [-0.39, 0.29) is 24.3 Å². The number of carbonyl (C=O) groups excluding carboxylic acids is 2. The predicted molar refractivity (Wildman–Crippen MR) is 123 cm³/mol. The summed E-state index contributed by atoms with van der Waals surface area (Å²) in [5, 5.41) is 0.709. The van der Waals surface area contributed by atoms with Crippen molar-refractivity contribution in [2.45, 2.75) is 70.9 Å². The Bertz CT molecular complexity index is 1270. The second-order valence-corrected chi connectivity index (χ2v) is 9.80. The van der Waals surface area contributed by atoms with E-state index in [1.54, 1.807) is 18.3 Å². The highest BCUT2D eigenvalue weighted by molar-refractivity contribution is 7.18. The van der Waals surface area contributed by atoms with Gasteiger partial charge in [0.15, 0.2) is 6.10 Å². The van der Waals surface area contributed by atoms with Gasteiger partial charge in [-0.05, 0) is 74.6 Å². The first-order valence-electron chi connectivity index (χ1n) is 11.4. The normalized spacial score (nSPS) is 15.9. The maximum absolute atomic E-state index is 13.0. The number of hydrogen-bond acceptors (Lipinski definition) is 6. The maximum Gasteiger partial charge on any atom is 0.308 e. The number of benzene rings is 1. The van der Waals surface area contributed by atoms with Crippen molar-refractivity contribution in [1.82, 2.24) is 9.55 Å². The van der Waals surface area contributed by atoms with Gasteiger partial charge in [-0.15, -0.1) is 11.3 Å². The van der Waals surface area contributed by atoms with Crippen LogP contribution in [0, 0.1) is 0 Å². The first-order chi connectivity index (χ1) is 15.5. The average Bonchev–Trinajstić information content (AvgIpc) is 3.42. The predicted octanol–water partition coefficient (Wildman–Crippen LogP) is 4.03. The minimum Gasteiger partial charge on any atom is -0.454 e. The summed E-state index contributed by atoms with van der Waals surface area (Å²) >= 11 is 1.61. The highest BCUT2D eigenvalue weighted by Gasteiger charge is 2.23. The minimum absolute atomic E-state index is 0.0151. The van der Waals surface area contributed by atoms with Gasteiger partial charge in [-0.25, -0.2) is 4.98 Å². The molecule has 0 N–H and O–H groups in total. The smallest absolute Gasteiger partial charge is 0.308 e. The molecule has 1 unspecified atom stereocenters. The summed E-state index contributed by atoms with van der Waals surface area (Å²) < 4.78 is 6.87. The second-order valence-electron chi connectivity index (χ2n) is 8.72. The van der Waals surface area contributed by atoms with Crippen LogP contribution in [0.1, 0.15) is 64.5 Å². The van der Waals surface area contributed by atoms with Gasteiger partial charge in [0, 0.05) is 17.0 Å². The van der Waals surface area contributed by atoms with Crippen LogP contribution < -0.4 is 5.56 Å². The molecule has 32 heavy (non-hydrogen) atoms. The van der Waals surface area contributed by atoms with E-state index in [1.807, 2.05) is 18.2 Å². The molecular weight excluding hydrogens is 424 g/mol. The lowest BCUT2D eigenvalue weighted by Gasteiger charge is -2.14. The third-order valence-corrected chi connectivity index (χ3v) is 7.76. The molecule has 0 radical (unpaired) electrons. The van der Waals surface area contributed by atoms with Gasteiger partial charge in [-0.2, -0.15) is 0 Å². The molecule has 0 aliphatic heterocycles. The van der Waals surface area contributed by atoms with Crippen LogP contribution in [-0.4, -0.2) is 27.4 Å².